The molecule has 3 heterocycles. The monoisotopic (exact) mass is 261 g/mol. The van der Waals surface area contributed by atoms with Crippen LogP contribution in [0.25, 0.3) is 0 Å². The molecule has 0 amide bonds. The molecule has 1 aromatic heterocycles. The summed E-state index contributed by atoms with van der Waals surface area (Å²) >= 11 is 0. The zero-order chi connectivity index (χ0) is 13.1. The van der Waals surface area contributed by atoms with E-state index in [-0.39, 0.29) is 0 Å². The summed E-state index contributed by atoms with van der Waals surface area (Å²) in [5.74, 6) is 1.03. The molecule has 5 nitrogen and oxygen atoms in total. The van der Waals surface area contributed by atoms with Crippen molar-refractivity contribution >= 4 is 5.82 Å². The van der Waals surface area contributed by atoms with Crippen LogP contribution in [0, 0.1) is 0 Å². The Morgan fingerprint density at radius 1 is 1.16 bits per heavy atom. The maximum absolute atomic E-state index is 4.40. The molecular formula is C14H23N5. The molecule has 0 spiro atoms. The predicted molar refractivity (Wildman–Crippen MR) is 76.3 cm³/mol. The molecule has 104 valence electrons. The third-order valence-corrected chi connectivity index (χ3v) is 4.41. The van der Waals surface area contributed by atoms with Gasteiger partial charge in [-0.15, -0.1) is 0 Å². The van der Waals surface area contributed by atoms with Gasteiger partial charge in [0.2, 0.25) is 0 Å². The van der Waals surface area contributed by atoms with Crippen LogP contribution in [0.3, 0.4) is 0 Å². The molecule has 0 aliphatic carbocycles. The Hall–Kier alpha value is -1.20. The van der Waals surface area contributed by atoms with Crippen LogP contribution in [0.4, 0.5) is 5.82 Å². The number of anilines is 1. The first kappa shape index (κ1) is 12.8. The summed E-state index contributed by atoms with van der Waals surface area (Å²) in [5, 5.41) is 0. The molecule has 0 saturated carbocycles. The predicted octanol–water partition coefficient (Wildman–Crippen LogP) is 0.693. The molecule has 5 heteroatoms. The molecule has 1 atom stereocenters. The van der Waals surface area contributed by atoms with Crippen LogP contribution in [0.2, 0.25) is 0 Å². The minimum atomic E-state index is 0.695. The van der Waals surface area contributed by atoms with Crippen molar-refractivity contribution in [2.75, 3.05) is 50.7 Å². The van der Waals surface area contributed by atoms with Crippen LogP contribution in [0.1, 0.15) is 13.3 Å². The minimum absolute atomic E-state index is 0.695. The molecular weight excluding hydrogens is 238 g/mol. The Morgan fingerprint density at radius 2 is 2.00 bits per heavy atom. The molecule has 2 saturated heterocycles. The number of rotatable bonds is 3. The molecule has 19 heavy (non-hydrogen) atoms. The molecule has 2 fully saturated rings. The van der Waals surface area contributed by atoms with Crippen molar-refractivity contribution in [3.63, 3.8) is 0 Å². The van der Waals surface area contributed by atoms with Crippen LogP contribution in [-0.2, 0) is 0 Å². The van der Waals surface area contributed by atoms with E-state index in [1.165, 1.54) is 39.1 Å². The number of likely N-dealkylation sites (N-methyl/N-ethyl adjacent to an activating group) is 1. The van der Waals surface area contributed by atoms with Crippen molar-refractivity contribution in [3.8, 4) is 0 Å². The van der Waals surface area contributed by atoms with Gasteiger partial charge in [-0.3, -0.25) is 9.88 Å². The number of hydrogen-bond donors (Lipinski definition) is 0. The SMILES string of the molecule is CCN1CCN(C2CCN(c3cnccn3)C2)CC1. The second-order valence-electron chi connectivity index (χ2n) is 5.42. The average molecular weight is 261 g/mol. The van der Waals surface area contributed by atoms with E-state index >= 15 is 0 Å². The highest BCUT2D eigenvalue weighted by atomic mass is 15.3. The summed E-state index contributed by atoms with van der Waals surface area (Å²) in [4.78, 5) is 16.1. The second-order valence-corrected chi connectivity index (χ2v) is 5.42. The van der Waals surface area contributed by atoms with E-state index in [4.69, 9.17) is 0 Å². The maximum atomic E-state index is 4.40. The Kier molecular flexibility index (Phi) is 3.94. The Balaban J connectivity index is 1.55. The van der Waals surface area contributed by atoms with Crippen molar-refractivity contribution in [1.29, 1.82) is 0 Å². The van der Waals surface area contributed by atoms with E-state index in [0.29, 0.717) is 6.04 Å². The molecule has 1 aromatic rings. The van der Waals surface area contributed by atoms with E-state index in [1.807, 2.05) is 6.20 Å². The van der Waals surface area contributed by atoms with Gasteiger partial charge in [-0.1, -0.05) is 6.92 Å². The largest absolute Gasteiger partial charge is 0.354 e. The van der Waals surface area contributed by atoms with Crippen molar-refractivity contribution in [1.82, 2.24) is 19.8 Å². The standard InChI is InChI=1S/C14H23N5/c1-2-17-7-9-18(10-8-17)13-3-6-19(12-13)14-11-15-4-5-16-14/h4-5,11,13H,2-3,6-10,12H2,1H3. The fraction of sp³-hybridized carbons (Fsp3) is 0.714. The van der Waals surface area contributed by atoms with Gasteiger partial charge in [-0.05, 0) is 13.0 Å². The summed E-state index contributed by atoms with van der Waals surface area (Å²) in [6.45, 7) is 10.5. The molecule has 0 radical (unpaired) electrons. The topological polar surface area (TPSA) is 35.5 Å². The first-order valence-corrected chi connectivity index (χ1v) is 7.34. The van der Waals surface area contributed by atoms with Gasteiger partial charge in [0, 0.05) is 57.7 Å². The van der Waals surface area contributed by atoms with E-state index in [2.05, 4.69) is 31.6 Å². The molecule has 3 rings (SSSR count). The third kappa shape index (κ3) is 2.87. The minimum Gasteiger partial charge on any atom is -0.354 e. The highest BCUT2D eigenvalue weighted by molar-refractivity contribution is 5.37. The second kappa shape index (κ2) is 5.84. The quantitative estimate of drug-likeness (QED) is 0.800. The van der Waals surface area contributed by atoms with Crippen LogP contribution >= 0.6 is 0 Å². The summed E-state index contributed by atoms with van der Waals surface area (Å²) in [7, 11) is 0. The Labute approximate surface area is 115 Å². The molecule has 0 N–H and O–H groups in total. The highest BCUT2D eigenvalue weighted by Crippen LogP contribution is 2.21. The van der Waals surface area contributed by atoms with Gasteiger partial charge in [0.1, 0.15) is 5.82 Å². The van der Waals surface area contributed by atoms with E-state index in [0.717, 1.165) is 18.9 Å². The van der Waals surface area contributed by atoms with Gasteiger partial charge in [0.15, 0.2) is 0 Å². The number of hydrogen-bond acceptors (Lipinski definition) is 5. The van der Waals surface area contributed by atoms with Gasteiger partial charge in [-0.25, -0.2) is 4.98 Å². The highest BCUT2D eigenvalue weighted by Gasteiger charge is 2.30. The van der Waals surface area contributed by atoms with Gasteiger partial charge < -0.3 is 9.80 Å². The van der Waals surface area contributed by atoms with Crippen molar-refractivity contribution in [3.05, 3.63) is 18.6 Å². The number of nitrogens with zero attached hydrogens (tertiary/aromatic N) is 5. The first-order chi connectivity index (χ1) is 9.36. The van der Waals surface area contributed by atoms with Crippen molar-refractivity contribution < 1.29 is 0 Å². The van der Waals surface area contributed by atoms with E-state index in [1.54, 1.807) is 12.4 Å². The van der Waals surface area contributed by atoms with Gasteiger partial charge in [-0.2, -0.15) is 0 Å². The summed E-state index contributed by atoms with van der Waals surface area (Å²) in [5.41, 5.74) is 0. The van der Waals surface area contributed by atoms with Gasteiger partial charge in [0.05, 0.1) is 6.20 Å². The lowest BCUT2D eigenvalue weighted by molar-refractivity contribution is 0.107. The Morgan fingerprint density at radius 3 is 2.68 bits per heavy atom. The smallest absolute Gasteiger partial charge is 0.147 e. The molecule has 2 aliphatic heterocycles. The average Bonchev–Trinajstić information content (AvgIpc) is 2.98. The van der Waals surface area contributed by atoms with Gasteiger partial charge >= 0.3 is 0 Å². The van der Waals surface area contributed by atoms with Crippen LogP contribution in [0.5, 0.6) is 0 Å². The molecule has 0 aromatic carbocycles. The fourth-order valence-corrected chi connectivity index (χ4v) is 3.15. The van der Waals surface area contributed by atoms with Crippen LogP contribution in [-0.4, -0.2) is 71.6 Å². The lowest BCUT2D eigenvalue weighted by Crippen LogP contribution is -2.50. The third-order valence-electron chi connectivity index (χ3n) is 4.41. The van der Waals surface area contributed by atoms with Crippen LogP contribution < -0.4 is 4.90 Å². The first-order valence-electron chi connectivity index (χ1n) is 7.34. The van der Waals surface area contributed by atoms with Gasteiger partial charge in [0.25, 0.3) is 0 Å². The van der Waals surface area contributed by atoms with E-state index in [9.17, 15) is 0 Å². The Bertz CT molecular complexity index is 388. The number of piperazine rings is 1. The molecule has 2 aliphatic rings. The molecule has 0 bridgehead atoms. The zero-order valence-electron chi connectivity index (χ0n) is 11.7. The van der Waals surface area contributed by atoms with Crippen molar-refractivity contribution in [2.45, 2.75) is 19.4 Å². The van der Waals surface area contributed by atoms with Crippen LogP contribution in [0.15, 0.2) is 18.6 Å². The zero-order valence-corrected chi connectivity index (χ0v) is 11.7. The number of aromatic nitrogens is 2. The summed E-state index contributed by atoms with van der Waals surface area (Å²) < 4.78 is 0. The summed E-state index contributed by atoms with van der Waals surface area (Å²) in [6.07, 6.45) is 6.64. The lowest BCUT2D eigenvalue weighted by atomic mass is 10.2. The maximum Gasteiger partial charge on any atom is 0.147 e. The lowest BCUT2D eigenvalue weighted by Gasteiger charge is -2.37. The molecule has 1 unspecified atom stereocenters. The van der Waals surface area contributed by atoms with E-state index < -0.39 is 0 Å². The van der Waals surface area contributed by atoms with Crippen molar-refractivity contribution in [2.24, 2.45) is 0 Å². The normalized spacial score (nSPS) is 25.9. The summed E-state index contributed by atoms with van der Waals surface area (Å²) in [6, 6.07) is 0.695. The fourth-order valence-electron chi connectivity index (χ4n) is 3.15.